The van der Waals surface area contributed by atoms with E-state index in [4.69, 9.17) is 4.74 Å². The molecule has 3 rings (SSSR count). The zero-order valence-electron chi connectivity index (χ0n) is 11.9. The van der Waals surface area contributed by atoms with Crippen LogP contribution in [0.2, 0.25) is 0 Å². The summed E-state index contributed by atoms with van der Waals surface area (Å²) in [6, 6.07) is 15.0. The predicted molar refractivity (Wildman–Crippen MR) is 78.5 cm³/mol. The fraction of sp³-hybridized carbons (Fsp3) is 0.294. The van der Waals surface area contributed by atoms with Crippen LogP contribution in [0.3, 0.4) is 0 Å². The minimum Gasteiger partial charge on any atom is -0.354 e. The van der Waals surface area contributed by atoms with Crippen LogP contribution in [0.4, 0.5) is 18.9 Å². The van der Waals surface area contributed by atoms with Crippen LogP contribution in [-0.4, -0.2) is 13.2 Å². The van der Waals surface area contributed by atoms with Crippen LogP contribution in [-0.2, 0) is 10.9 Å². The summed E-state index contributed by atoms with van der Waals surface area (Å²) in [6.45, 7) is 1.27. The molecular weight excluding hydrogens is 291 g/mol. The van der Waals surface area contributed by atoms with Gasteiger partial charge in [0.05, 0.1) is 12.2 Å². The van der Waals surface area contributed by atoms with Crippen LogP contribution in [0.1, 0.15) is 23.8 Å². The molecule has 22 heavy (non-hydrogen) atoms. The van der Waals surface area contributed by atoms with Gasteiger partial charge in [0.2, 0.25) is 0 Å². The second-order valence-electron chi connectivity index (χ2n) is 5.23. The zero-order valence-corrected chi connectivity index (χ0v) is 11.9. The maximum atomic E-state index is 12.9. The molecule has 0 spiro atoms. The first-order valence-electron chi connectivity index (χ1n) is 7.16. The summed E-state index contributed by atoms with van der Waals surface area (Å²) in [4.78, 5) is 1.88. The third-order valence-electron chi connectivity index (χ3n) is 3.69. The number of rotatable bonds is 2. The summed E-state index contributed by atoms with van der Waals surface area (Å²) in [5.41, 5.74) is 0.838. The van der Waals surface area contributed by atoms with Crippen molar-refractivity contribution in [2.75, 3.05) is 18.1 Å². The lowest BCUT2D eigenvalue weighted by atomic mass is 10.1. The van der Waals surface area contributed by atoms with E-state index in [-0.39, 0.29) is 6.23 Å². The average Bonchev–Trinajstić information content (AvgIpc) is 2.55. The first-order chi connectivity index (χ1) is 10.6. The molecule has 1 atom stereocenters. The molecule has 0 aromatic heterocycles. The monoisotopic (exact) mass is 307 g/mol. The molecule has 0 aliphatic carbocycles. The highest BCUT2D eigenvalue weighted by Crippen LogP contribution is 2.35. The second kappa shape index (κ2) is 6.01. The van der Waals surface area contributed by atoms with Crippen molar-refractivity contribution in [1.29, 1.82) is 0 Å². The van der Waals surface area contributed by atoms with E-state index < -0.39 is 11.7 Å². The van der Waals surface area contributed by atoms with Gasteiger partial charge in [0.25, 0.3) is 0 Å². The number of benzene rings is 2. The van der Waals surface area contributed by atoms with Crippen molar-refractivity contribution >= 4 is 5.69 Å². The van der Waals surface area contributed by atoms with Crippen LogP contribution in [0.5, 0.6) is 0 Å². The summed E-state index contributed by atoms with van der Waals surface area (Å²) >= 11 is 0. The Labute approximate surface area is 127 Å². The summed E-state index contributed by atoms with van der Waals surface area (Å²) in [5, 5.41) is 0. The molecule has 2 aromatic carbocycles. The largest absolute Gasteiger partial charge is 0.416 e. The maximum absolute atomic E-state index is 12.9. The fourth-order valence-corrected chi connectivity index (χ4v) is 2.66. The number of hydrogen-bond donors (Lipinski definition) is 0. The number of alkyl halides is 3. The number of anilines is 1. The van der Waals surface area contributed by atoms with Crippen LogP contribution in [0, 0.1) is 0 Å². The van der Waals surface area contributed by atoms with E-state index in [1.54, 1.807) is 6.07 Å². The minimum atomic E-state index is -4.34. The first-order valence-corrected chi connectivity index (χ1v) is 7.16. The summed E-state index contributed by atoms with van der Waals surface area (Å²) in [7, 11) is 0. The SMILES string of the molecule is FC(F)(F)c1cccc(N2CCCOC2c2ccccc2)c1. The molecule has 2 aromatic rings. The van der Waals surface area contributed by atoms with Crippen LogP contribution < -0.4 is 4.90 Å². The predicted octanol–water partition coefficient (Wildman–Crippen LogP) is 4.63. The number of nitrogens with zero attached hydrogens (tertiary/aromatic N) is 1. The molecule has 1 saturated heterocycles. The molecule has 1 aliphatic heterocycles. The van der Waals surface area contributed by atoms with E-state index >= 15 is 0 Å². The molecule has 1 heterocycles. The third-order valence-corrected chi connectivity index (χ3v) is 3.69. The van der Waals surface area contributed by atoms with E-state index in [1.165, 1.54) is 12.1 Å². The van der Waals surface area contributed by atoms with Crippen molar-refractivity contribution in [3.05, 3.63) is 65.7 Å². The quantitative estimate of drug-likeness (QED) is 0.802. The van der Waals surface area contributed by atoms with E-state index in [2.05, 4.69) is 0 Å². The number of halogens is 3. The molecule has 1 aliphatic rings. The standard InChI is InChI=1S/C17H16F3NO/c18-17(19,20)14-8-4-9-15(12-14)21-10-5-11-22-16(21)13-6-2-1-3-7-13/h1-4,6-9,12,16H,5,10-11H2. The Balaban J connectivity index is 1.94. The van der Waals surface area contributed by atoms with Gasteiger partial charge in [-0.2, -0.15) is 13.2 Å². The van der Waals surface area contributed by atoms with Gasteiger partial charge in [-0.25, -0.2) is 0 Å². The Morgan fingerprint density at radius 3 is 2.50 bits per heavy atom. The smallest absolute Gasteiger partial charge is 0.354 e. The van der Waals surface area contributed by atoms with Crippen LogP contribution in [0.25, 0.3) is 0 Å². The summed E-state index contributed by atoms with van der Waals surface area (Å²) in [5.74, 6) is 0. The van der Waals surface area contributed by atoms with Gasteiger partial charge in [-0.15, -0.1) is 0 Å². The lowest BCUT2D eigenvalue weighted by Crippen LogP contribution is -2.36. The lowest BCUT2D eigenvalue weighted by Gasteiger charge is -2.37. The van der Waals surface area contributed by atoms with E-state index in [0.29, 0.717) is 18.8 Å². The van der Waals surface area contributed by atoms with Crippen LogP contribution in [0.15, 0.2) is 54.6 Å². The topological polar surface area (TPSA) is 12.5 Å². The van der Waals surface area contributed by atoms with Crippen LogP contribution >= 0.6 is 0 Å². The van der Waals surface area contributed by atoms with Gasteiger partial charge >= 0.3 is 6.18 Å². The van der Waals surface area contributed by atoms with Gasteiger partial charge in [-0.3, -0.25) is 0 Å². The lowest BCUT2D eigenvalue weighted by molar-refractivity contribution is -0.137. The van der Waals surface area contributed by atoms with Crippen molar-refractivity contribution in [3.63, 3.8) is 0 Å². The van der Waals surface area contributed by atoms with Crippen molar-refractivity contribution in [1.82, 2.24) is 0 Å². The van der Waals surface area contributed by atoms with Crippen molar-refractivity contribution in [2.24, 2.45) is 0 Å². The highest BCUT2D eigenvalue weighted by molar-refractivity contribution is 5.51. The summed E-state index contributed by atoms with van der Waals surface area (Å²) in [6.07, 6.45) is -3.90. The fourth-order valence-electron chi connectivity index (χ4n) is 2.66. The van der Waals surface area contributed by atoms with Gasteiger partial charge in [-0.1, -0.05) is 36.4 Å². The molecular formula is C17H16F3NO. The average molecular weight is 307 g/mol. The Hall–Kier alpha value is -2.01. The normalized spacial score (nSPS) is 19.2. The minimum absolute atomic E-state index is 0.349. The summed E-state index contributed by atoms with van der Waals surface area (Å²) < 4.78 is 44.5. The molecule has 0 N–H and O–H groups in total. The molecule has 2 nitrogen and oxygen atoms in total. The molecule has 0 amide bonds. The molecule has 116 valence electrons. The van der Waals surface area contributed by atoms with E-state index in [1.807, 2.05) is 35.2 Å². The Morgan fingerprint density at radius 2 is 1.77 bits per heavy atom. The zero-order chi connectivity index (χ0) is 15.6. The van der Waals surface area contributed by atoms with E-state index in [9.17, 15) is 13.2 Å². The maximum Gasteiger partial charge on any atom is 0.416 e. The molecule has 5 heteroatoms. The molecule has 0 bridgehead atoms. The Bertz CT molecular complexity index is 627. The van der Waals surface area contributed by atoms with Gasteiger partial charge < -0.3 is 9.64 Å². The van der Waals surface area contributed by atoms with E-state index in [0.717, 1.165) is 18.1 Å². The van der Waals surface area contributed by atoms with Gasteiger partial charge in [0.1, 0.15) is 0 Å². The van der Waals surface area contributed by atoms with Gasteiger partial charge in [0.15, 0.2) is 6.23 Å². The Morgan fingerprint density at radius 1 is 1.00 bits per heavy atom. The highest BCUT2D eigenvalue weighted by atomic mass is 19.4. The number of hydrogen-bond acceptors (Lipinski definition) is 2. The van der Waals surface area contributed by atoms with Gasteiger partial charge in [-0.05, 0) is 24.6 Å². The highest BCUT2D eigenvalue weighted by Gasteiger charge is 2.32. The first kappa shape index (κ1) is 14.9. The van der Waals surface area contributed by atoms with Crippen molar-refractivity contribution in [3.8, 4) is 0 Å². The van der Waals surface area contributed by atoms with Crippen molar-refractivity contribution in [2.45, 2.75) is 18.8 Å². The molecule has 0 radical (unpaired) electrons. The molecule has 0 saturated carbocycles. The second-order valence-corrected chi connectivity index (χ2v) is 5.23. The van der Waals surface area contributed by atoms with Gasteiger partial charge in [0, 0.05) is 17.8 Å². The Kier molecular flexibility index (Phi) is 4.07. The van der Waals surface area contributed by atoms with Crippen molar-refractivity contribution < 1.29 is 17.9 Å². The number of ether oxygens (including phenoxy) is 1. The third kappa shape index (κ3) is 3.09. The molecule has 1 unspecified atom stereocenters. The molecule has 1 fully saturated rings.